The minimum Gasteiger partial charge on any atom is -0.377 e. The number of fused-ring (bicyclic) bond motifs is 10. The second-order valence-electron chi connectivity index (χ2n) is 13.1. The van der Waals surface area contributed by atoms with Gasteiger partial charge in [-0.3, -0.25) is 9.97 Å². The number of pyridine rings is 2. The Morgan fingerprint density at radius 3 is 1.34 bits per heavy atom. The summed E-state index contributed by atoms with van der Waals surface area (Å²) in [6, 6.07) is 60.6. The first-order chi connectivity index (χ1) is 24.7. The monoisotopic (exact) mass is 644 g/mol. The maximum absolute atomic E-state index is 5.08. The molecule has 0 saturated heterocycles. The summed E-state index contributed by atoms with van der Waals surface area (Å²) in [7, 11) is 0. The predicted octanol–water partition coefficient (Wildman–Crippen LogP) is 11.2. The zero-order chi connectivity index (χ0) is 33.3. The van der Waals surface area contributed by atoms with E-state index in [9.17, 15) is 0 Å². The number of hydrogen-bond acceptors (Lipinski definition) is 4. The van der Waals surface area contributed by atoms with Gasteiger partial charge >= 0.3 is 0 Å². The van der Waals surface area contributed by atoms with Gasteiger partial charge in [0.2, 0.25) is 0 Å². The average molecular weight is 645 g/mol. The van der Waals surface area contributed by atoms with E-state index in [1.807, 2.05) is 0 Å². The Labute approximate surface area is 292 Å². The van der Waals surface area contributed by atoms with Crippen LogP contribution < -0.4 is 10.6 Å². The Morgan fingerprint density at radius 2 is 0.840 bits per heavy atom. The van der Waals surface area contributed by atoms with Crippen LogP contribution in [-0.2, 0) is 12.8 Å². The molecule has 4 bridgehead atoms. The minimum atomic E-state index is -0.0114. The molecule has 8 aromatic rings. The van der Waals surface area contributed by atoms with Crippen molar-refractivity contribution in [1.82, 2.24) is 9.97 Å². The van der Waals surface area contributed by atoms with Crippen LogP contribution in [0, 0.1) is 0 Å². The molecule has 2 atom stereocenters. The summed E-state index contributed by atoms with van der Waals surface area (Å²) in [4.78, 5) is 10.2. The Hall–Kier alpha value is -6.26. The third kappa shape index (κ3) is 5.97. The molecule has 6 aromatic carbocycles. The lowest BCUT2D eigenvalue weighted by molar-refractivity contribution is 0.757. The maximum atomic E-state index is 5.08. The fraction of sp³-hybridized carbons (Fsp3) is 0.0870. The first-order valence-corrected chi connectivity index (χ1v) is 17.3. The second-order valence-corrected chi connectivity index (χ2v) is 13.1. The summed E-state index contributed by atoms with van der Waals surface area (Å²) < 4.78 is 0. The molecule has 2 aromatic heterocycles. The topological polar surface area (TPSA) is 49.8 Å². The van der Waals surface area contributed by atoms with Crippen LogP contribution in [0.15, 0.2) is 170 Å². The fourth-order valence-electron chi connectivity index (χ4n) is 7.31. The van der Waals surface area contributed by atoms with E-state index in [1.54, 1.807) is 0 Å². The van der Waals surface area contributed by atoms with E-state index in [0.717, 1.165) is 57.4 Å². The van der Waals surface area contributed by atoms with Crippen LogP contribution in [0.2, 0.25) is 0 Å². The second kappa shape index (κ2) is 13.0. The van der Waals surface area contributed by atoms with Gasteiger partial charge in [0, 0.05) is 57.5 Å². The molecule has 1 aliphatic heterocycles. The van der Waals surface area contributed by atoms with Crippen molar-refractivity contribution >= 4 is 33.2 Å². The highest BCUT2D eigenvalue weighted by Crippen LogP contribution is 2.38. The summed E-state index contributed by atoms with van der Waals surface area (Å²) in [6.07, 6.45) is 1.48. The number of anilines is 2. The lowest BCUT2D eigenvalue weighted by atomic mass is 9.92. The molecule has 4 heteroatoms. The highest BCUT2D eigenvalue weighted by molar-refractivity contribution is 5.82. The fourth-order valence-corrected chi connectivity index (χ4v) is 7.31. The van der Waals surface area contributed by atoms with Gasteiger partial charge in [-0.1, -0.05) is 121 Å². The lowest BCUT2D eigenvalue weighted by Crippen LogP contribution is -2.17. The van der Waals surface area contributed by atoms with Crippen molar-refractivity contribution in [1.29, 1.82) is 0 Å². The number of rotatable bonds is 4. The molecule has 240 valence electrons. The van der Waals surface area contributed by atoms with E-state index in [4.69, 9.17) is 9.97 Å². The van der Waals surface area contributed by atoms with E-state index in [2.05, 4.69) is 180 Å². The molecular formula is C46H36N4. The molecule has 9 rings (SSSR count). The van der Waals surface area contributed by atoms with Crippen molar-refractivity contribution in [2.45, 2.75) is 24.9 Å². The van der Waals surface area contributed by atoms with Crippen LogP contribution in [0.5, 0.6) is 0 Å². The number of aromatic nitrogens is 2. The zero-order valence-corrected chi connectivity index (χ0v) is 27.6. The van der Waals surface area contributed by atoms with E-state index >= 15 is 0 Å². The van der Waals surface area contributed by atoms with Crippen molar-refractivity contribution in [2.75, 3.05) is 10.6 Å². The number of benzene rings is 6. The molecular weight excluding hydrogens is 609 g/mol. The first kappa shape index (κ1) is 29.8. The Morgan fingerprint density at radius 1 is 0.400 bits per heavy atom. The average Bonchev–Trinajstić information content (AvgIpc) is 3.17. The summed E-state index contributed by atoms with van der Waals surface area (Å²) >= 11 is 0. The molecule has 0 radical (unpaired) electrons. The van der Waals surface area contributed by atoms with Gasteiger partial charge < -0.3 is 10.6 Å². The lowest BCUT2D eigenvalue weighted by Gasteiger charge is -2.26. The largest absolute Gasteiger partial charge is 0.377 e. The van der Waals surface area contributed by atoms with Crippen LogP contribution in [0.4, 0.5) is 11.4 Å². The van der Waals surface area contributed by atoms with Gasteiger partial charge in [-0.25, -0.2) is 0 Å². The maximum Gasteiger partial charge on any atom is 0.0705 e. The van der Waals surface area contributed by atoms with Crippen molar-refractivity contribution in [2.24, 2.45) is 0 Å². The zero-order valence-electron chi connectivity index (χ0n) is 27.6. The van der Waals surface area contributed by atoms with Crippen LogP contribution in [0.3, 0.4) is 0 Å². The van der Waals surface area contributed by atoms with Crippen LogP contribution >= 0.6 is 0 Å². The molecule has 1 aliphatic rings. The standard InChI is InChI=1S/C46H36N4/c1-5-19-41-31(11-1)23-25-37(47-41)29-45-35-15-9-13-33(27-35)40-18-4-8-22-44(40)50-46(30-38-26-24-32-12-2-6-20-42(32)48-38)36-16-10-14-34(28-36)39-17-3-7-21-43(39)49-45/h1-28,45-46,49-50H,29-30H2. The summed E-state index contributed by atoms with van der Waals surface area (Å²) in [5, 5.41) is 10.3. The molecule has 0 saturated carbocycles. The van der Waals surface area contributed by atoms with Gasteiger partial charge in [0.25, 0.3) is 0 Å². The molecule has 4 nitrogen and oxygen atoms in total. The van der Waals surface area contributed by atoms with Crippen molar-refractivity contribution < 1.29 is 0 Å². The summed E-state index contributed by atoms with van der Waals surface area (Å²) in [5.74, 6) is 0. The minimum absolute atomic E-state index is 0.0114. The summed E-state index contributed by atoms with van der Waals surface area (Å²) in [5.41, 5.74) is 13.4. The Bertz CT molecular complexity index is 2310. The van der Waals surface area contributed by atoms with Crippen molar-refractivity contribution in [3.8, 4) is 22.3 Å². The molecule has 2 N–H and O–H groups in total. The molecule has 2 unspecified atom stereocenters. The molecule has 0 spiro atoms. The number of nitrogens with zero attached hydrogens (tertiary/aromatic N) is 2. The van der Waals surface area contributed by atoms with Gasteiger partial charge in [0.1, 0.15) is 0 Å². The van der Waals surface area contributed by atoms with Gasteiger partial charge in [-0.05, 0) is 70.8 Å². The smallest absolute Gasteiger partial charge is 0.0705 e. The molecule has 0 aliphatic carbocycles. The van der Waals surface area contributed by atoms with E-state index in [1.165, 1.54) is 33.4 Å². The van der Waals surface area contributed by atoms with Gasteiger partial charge in [-0.2, -0.15) is 0 Å². The van der Waals surface area contributed by atoms with E-state index in [0.29, 0.717) is 0 Å². The number of nitrogens with one attached hydrogen (secondary N) is 2. The van der Waals surface area contributed by atoms with E-state index in [-0.39, 0.29) is 12.1 Å². The van der Waals surface area contributed by atoms with Gasteiger partial charge in [-0.15, -0.1) is 0 Å². The molecule has 50 heavy (non-hydrogen) atoms. The third-order valence-electron chi connectivity index (χ3n) is 9.85. The predicted molar refractivity (Wildman–Crippen MR) is 207 cm³/mol. The van der Waals surface area contributed by atoms with Crippen molar-refractivity contribution in [3.05, 3.63) is 192 Å². The molecule has 3 heterocycles. The van der Waals surface area contributed by atoms with Crippen LogP contribution in [0.25, 0.3) is 44.1 Å². The SMILES string of the molecule is c1cc2cc(c1)C(Cc1ccc3ccccc3n1)Nc1ccccc1-c1cccc(c1)C(Cc1ccc3ccccc3n1)Nc1ccccc1-2. The third-order valence-corrected chi connectivity index (χ3v) is 9.85. The highest BCUT2D eigenvalue weighted by Gasteiger charge is 2.21. The number of para-hydroxylation sites is 4. The van der Waals surface area contributed by atoms with Gasteiger partial charge in [0.15, 0.2) is 0 Å². The Balaban J connectivity index is 1.18. The Kier molecular flexibility index (Phi) is 7.75. The van der Waals surface area contributed by atoms with Gasteiger partial charge in [0.05, 0.1) is 23.1 Å². The summed E-state index contributed by atoms with van der Waals surface area (Å²) in [6.45, 7) is 0. The first-order valence-electron chi connectivity index (χ1n) is 17.3. The van der Waals surface area contributed by atoms with Crippen molar-refractivity contribution in [3.63, 3.8) is 0 Å². The quantitative estimate of drug-likeness (QED) is 0.200. The normalized spacial score (nSPS) is 15.3. The van der Waals surface area contributed by atoms with Crippen LogP contribution in [0.1, 0.15) is 34.6 Å². The highest BCUT2D eigenvalue weighted by atomic mass is 14.9. The molecule has 0 amide bonds. The van der Waals surface area contributed by atoms with E-state index < -0.39 is 0 Å². The van der Waals surface area contributed by atoms with Crippen LogP contribution in [-0.4, -0.2) is 9.97 Å². The molecule has 0 fully saturated rings. The number of hydrogen-bond donors (Lipinski definition) is 2.